The molecule has 0 saturated heterocycles. The predicted octanol–water partition coefficient (Wildman–Crippen LogP) is 4.01. The number of halogens is 1. The van der Waals surface area contributed by atoms with Gasteiger partial charge in [0, 0.05) is 25.6 Å². The van der Waals surface area contributed by atoms with Crippen molar-refractivity contribution < 1.29 is 22.4 Å². The summed E-state index contributed by atoms with van der Waals surface area (Å²) in [5.41, 5.74) is 2.10. The minimum absolute atomic E-state index is 0.0601. The van der Waals surface area contributed by atoms with Crippen molar-refractivity contribution in [1.29, 1.82) is 0 Å². The minimum Gasteiger partial charge on any atom is -0.352 e. The molecule has 0 bridgehead atoms. The molecule has 0 fully saturated rings. The van der Waals surface area contributed by atoms with Gasteiger partial charge in [-0.05, 0) is 62.9 Å². The Kier molecular flexibility index (Phi) is 10.2. The number of nitrogens with one attached hydrogen (secondary N) is 1. The molecule has 0 aromatic heterocycles. The maximum absolute atomic E-state index is 13.4. The molecule has 2 aromatic carbocycles. The molecule has 35 heavy (non-hydrogen) atoms. The zero-order chi connectivity index (χ0) is 26.2. The SMILES string of the molecule is CCC(C(=O)NC(C)C)N(Cc1ccc(F)cc1)C(=O)CCCN(c1ccccc1C)S(C)(=O)=O. The van der Waals surface area contributed by atoms with Crippen LogP contribution in [0.25, 0.3) is 0 Å². The number of hydrogen-bond donors (Lipinski definition) is 1. The fourth-order valence-electron chi connectivity index (χ4n) is 3.91. The third-order valence-corrected chi connectivity index (χ3v) is 6.80. The van der Waals surface area contributed by atoms with E-state index < -0.39 is 16.1 Å². The first-order valence-electron chi connectivity index (χ1n) is 11.8. The Hall–Kier alpha value is -2.94. The van der Waals surface area contributed by atoms with E-state index in [1.807, 2.05) is 39.8 Å². The van der Waals surface area contributed by atoms with E-state index in [1.54, 1.807) is 24.3 Å². The number of para-hydroxylation sites is 1. The number of amides is 2. The average molecular weight is 506 g/mol. The highest BCUT2D eigenvalue weighted by Gasteiger charge is 2.29. The van der Waals surface area contributed by atoms with E-state index in [1.165, 1.54) is 21.3 Å². The van der Waals surface area contributed by atoms with Gasteiger partial charge >= 0.3 is 0 Å². The quantitative estimate of drug-likeness (QED) is 0.472. The van der Waals surface area contributed by atoms with Crippen molar-refractivity contribution in [3.63, 3.8) is 0 Å². The zero-order valence-corrected chi connectivity index (χ0v) is 21.9. The van der Waals surface area contributed by atoms with Crippen LogP contribution in [0.4, 0.5) is 10.1 Å². The van der Waals surface area contributed by atoms with Gasteiger partial charge in [-0.15, -0.1) is 0 Å². The van der Waals surface area contributed by atoms with Crippen LogP contribution in [0.15, 0.2) is 48.5 Å². The first-order valence-corrected chi connectivity index (χ1v) is 13.7. The summed E-state index contributed by atoms with van der Waals surface area (Å²) in [5.74, 6) is -0.901. The van der Waals surface area contributed by atoms with Gasteiger partial charge in [0.15, 0.2) is 0 Å². The lowest BCUT2D eigenvalue weighted by Gasteiger charge is -2.31. The molecule has 9 heteroatoms. The molecule has 0 heterocycles. The summed E-state index contributed by atoms with van der Waals surface area (Å²) in [5, 5.41) is 2.87. The molecule has 2 amide bonds. The van der Waals surface area contributed by atoms with Crippen LogP contribution in [-0.2, 0) is 26.2 Å². The van der Waals surface area contributed by atoms with Gasteiger partial charge in [0.05, 0.1) is 11.9 Å². The van der Waals surface area contributed by atoms with E-state index >= 15 is 0 Å². The molecule has 0 spiro atoms. The number of sulfonamides is 1. The Morgan fingerprint density at radius 1 is 1.06 bits per heavy atom. The standard InChI is InChI=1S/C26H36FN3O4S/c1-6-23(26(32)28-19(2)3)29(18-21-13-15-22(27)16-14-21)25(31)12-9-17-30(35(5,33)34)24-11-8-7-10-20(24)4/h7-8,10-11,13-16,19,23H,6,9,12,17-18H2,1-5H3,(H,28,32). The number of hydrogen-bond acceptors (Lipinski definition) is 4. The van der Waals surface area contributed by atoms with Crippen LogP contribution in [0.5, 0.6) is 0 Å². The molecule has 0 aliphatic rings. The summed E-state index contributed by atoms with van der Waals surface area (Å²) >= 11 is 0. The first kappa shape index (κ1) is 28.3. The molecule has 0 saturated carbocycles. The fraction of sp³-hybridized carbons (Fsp3) is 0.462. The Balaban J connectivity index is 2.22. The predicted molar refractivity (Wildman–Crippen MR) is 137 cm³/mol. The summed E-state index contributed by atoms with van der Waals surface area (Å²) < 4.78 is 39.6. The highest BCUT2D eigenvalue weighted by Crippen LogP contribution is 2.23. The molecule has 0 aliphatic carbocycles. The van der Waals surface area contributed by atoms with Gasteiger partial charge in [-0.1, -0.05) is 37.3 Å². The van der Waals surface area contributed by atoms with Gasteiger partial charge in [0.25, 0.3) is 0 Å². The number of anilines is 1. The summed E-state index contributed by atoms with van der Waals surface area (Å²) in [6.07, 6.45) is 1.89. The van der Waals surface area contributed by atoms with Crippen LogP contribution in [0.1, 0.15) is 51.2 Å². The molecule has 7 nitrogen and oxygen atoms in total. The third kappa shape index (κ3) is 8.35. The number of carbonyl (C=O) groups is 2. The first-order chi connectivity index (χ1) is 16.4. The molecule has 1 unspecified atom stereocenters. The van der Waals surface area contributed by atoms with E-state index in [4.69, 9.17) is 0 Å². The zero-order valence-electron chi connectivity index (χ0n) is 21.1. The van der Waals surface area contributed by atoms with E-state index in [9.17, 15) is 22.4 Å². The second-order valence-electron chi connectivity index (χ2n) is 8.96. The summed E-state index contributed by atoms with van der Waals surface area (Å²) in [4.78, 5) is 27.7. The van der Waals surface area contributed by atoms with Crippen molar-refractivity contribution in [2.45, 2.75) is 65.6 Å². The van der Waals surface area contributed by atoms with Crippen LogP contribution >= 0.6 is 0 Å². The van der Waals surface area contributed by atoms with Crippen molar-refractivity contribution in [3.05, 3.63) is 65.5 Å². The average Bonchev–Trinajstić information content (AvgIpc) is 2.77. The van der Waals surface area contributed by atoms with Crippen LogP contribution in [0, 0.1) is 12.7 Å². The van der Waals surface area contributed by atoms with Gasteiger partial charge in [-0.25, -0.2) is 12.8 Å². The van der Waals surface area contributed by atoms with Crippen molar-refractivity contribution >= 4 is 27.5 Å². The Morgan fingerprint density at radius 2 is 1.69 bits per heavy atom. The highest BCUT2D eigenvalue weighted by atomic mass is 32.2. The molecule has 2 rings (SSSR count). The van der Waals surface area contributed by atoms with Gasteiger partial charge in [-0.3, -0.25) is 13.9 Å². The largest absolute Gasteiger partial charge is 0.352 e. The second-order valence-corrected chi connectivity index (χ2v) is 10.9. The Morgan fingerprint density at radius 3 is 2.23 bits per heavy atom. The number of rotatable bonds is 12. The van der Waals surface area contributed by atoms with Crippen molar-refractivity contribution in [2.24, 2.45) is 0 Å². The highest BCUT2D eigenvalue weighted by molar-refractivity contribution is 7.92. The van der Waals surface area contributed by atoms with Crippen LogP contribution in [0.3, 0.4) is 0 Å². The molecule has 0 radical (unpaired) electrons. The Labute approximate surface area is 208 Å². The van der Waals surface area contributed by atoms with E-state index in [2.05, 4.69) is 5.32 Å². The second kappa shape index (κ2) is 12.7. The van der Waals surface area contributed by atoms with Crippen molar-refractivity contribution in [2.75, 3.05) is 17.1 Å². The number of benzene rings is 2. The summed E-state index contributed by atoms with van der Waals surface area (Å²) in [7, 11) is -3.55. The van der Waals surface area contributed by atoms with E-state index in [0.717, 1.165) is 11.8 Å². The molecular weight excluding hydrogens is 469 g/mol. The molecule has 192 valence electrons. The molecule has 0 aliphatic heterocycles. The minimum atomic E-state index is -3.55. The lowest BCUT2D eigenvalue weighted by atomic mass is 10.1. The fourth-order valence-corrected chi connectivity index (χ4v) is 4.94. The van der Waals surface area contributed by atoms with Gasteiger partial charge < -0.3 is 10.2 Å². The maximum atomic E-state index is 13.4. The van der Waals surface area contributed by atoms with E-state index in [0.29, 0.717) is 17.7 Å². The summed E-state index contributed by atoms with van der Waals surface area (Å²) in [6, 6.07) is 12.2. The normalized spacial score (nSPS) is 12.3. The van der Waals surface area contributed by atoms with Crippen LogP contribution < -0.4 is 9.62 Å². The van der Waals surface area contributed by atoms with Gasteiger partial charge in [0.2, 0.25) is 21.8 Å². The van der Waals surface area contributed by atoms with Crippen molar-refractivity contribution in [3.8, 4) is 0 Å². The van der Waals surface area contributed by atoms with Crippen molar-refractivity contribution in [1.82, 2.24) is 10.2 Å². The smallest absolute Gasteiger partial charge is 0.243 e. The lowest BCUT2D eigenvalue weighted by molar-refractivity contribution is -0.141. The number of nitrogens with zero attached hydrogens (tertiary/aromatic N) is 2. The number of carbonyl (C=O) groups excluding carboxylic acids is 2. The van der Waals surface area contributed by atoms with Gasteiger partial charge in [0.1, 0.15) is 11.9 Å². The third-order valence-electron chi connectivity index (χ3n) is 5.62. The molecular formula is C26H36FN3O4S. The van der Waals surface area contributed by atoms with Crippen LogP contribution in [0.2, 0.25) is 0 Å². The lowest BCUT2D eigenvalue weighted by Crippen LogP contribution is -2.50. The van der Waals surface area contributed by atoms with Crippen LogP contribution in [-0.4, -0.2) is 50.0 Å². The molecule has 1 N–H and O–H groups in total. The molecule has 1 atom stereocenters. The summed E-state index contributed by atoms with van der Waals surface area (Å²) in [6.45, 7) is 7.65. The number of aryl methyl sites for hydroxylation is 1. The topological polar surface area (TPSA) is 86.8 Å². The molecule has 2 aromatic rings. The maximum Gasteiger partial charge on any atom is 0.243 e. The Bertz CT molecular complexity index is 1100. The monoisotopic (exact) mass is 505 g/mol. The van der Waals surface area contributed by atoms with Gasteiger partial charge in [-0.2, -0.15) is 0 Å². The van der Waals surface area contributed by atoms with E-state index in [-0.39, 0.29) is 49.6 Å².